The molecule has 1 atom stereocenters. The summed E-state index contributed by atoms with van der Waals surface area (Å²) in [4.78, 5) is 10.0. The van der Waals surface area contributed by atoms with E-state index in [2.05, 4.69) is 0 Å². The molecule has 0 bridgehead atoms. The number of carboxylic acid groups (broad SMARTS) is 1. The second kappa shape index (κ2) is 6.47. The van der Waals surface area contributed by atoms with E-state index in [1.807, 2.05) is 0 Å². The van der Waals surface area contributed by atoms with E-state index in [1.165, 1.54) is 0 Å². The quantitative estimate of drug-likeness (QED) is 0.442. The van der Waals surface area contributed by atoms with Crippen LogP contribution in [-0.4, -0.2) is 29.1 Å². The molecular weight excluding hydrogens is 136 g/mol. The molecule has 0 aromatic heterocycles. The molecule has 0 unspecified atom stereocenters. The van der Waals surface area contributed by atoms with Gasteiger partial charge in [0.1, 0.15) is 6.04 Å². The van der Waals surface area contributed by atoms with Gasteiger partial charge in [-0.3, -0.25) is 4.79 Å². The Morgan fingerprint density at radius 1 is 1.60 bits per heavy atom. The summed E-state index contributed by atoms with van der Waals surface area (Å²) in [5, 5.41) is 8.24. The Hall–Kier alpha value is -0.650. The van der Waals surface area contributed by atoms with Crippen LogP contribution in [0.2, 0.25) is 0 Å². The molecular formula is C5H14N2O3. The zero-order valence-corrected chi connectivity index (χ0v) is 5.71. The van der Waals surface area contributed by atoms with E-state index in [0.29, 0.717) is 19.4 Å². The molecule has 0 saturated heterocycles. The minimum atomic E-state index is -0.955. The molecule has 0 aromatic carbocycles. The number of carbonyl (C=O) groups is 1. The molecule has 5 heteroatoms. The monoisotopic (exact) mass is 150 g/mol. The van der Waals surface area contributed by atoms with Crippen molar-refractivity contribution in [1.29, 1.82) is 0 Å². The van der Waals surface area contributed by atoms with Crippen LogP contribution in [-0.2, 0) is 4.79 Å². The summed E-state index contributed by atoms with van der Waals surface area (Å²) in [5.41, 5.74) is 10.3. The van der Waals surface area contributed by atoms with E-state index < -0.39 is 12.0 Å². The van der Waals surface area contributed by atoms with Gasteiger partial charge in [-0.15, -0.1) is 0 Å². The Morgan fingerprint density at radius 3 is 2.40 bits per heavy atom. The lowest BCUT2D eigenvalue weighted by atomic mass is 10.2. The minimum absolute atomic E-state index is 0. The number of nitrogens with two attached hydrogens (primary N) is 2. The molecule has 7 N–H and O–H groups in total. The summed E-state index contributed by atoms with van der Waals surface area (Å²) in [6.45, 7) is 0.501. The van der Waals surface area contributed by atoms with Crippen molar-refractivity contribution in [3.05, 3.63) is 0 Å². The Balaban J connectivity index is 0. The third kappa shape index (κ3) is 5.49. The van der Waals surface area contributed by atoms with Crippen molar-refractivity contribution in [1.82, 2.24) is 0 Å². The minimum Gasteiger partial charge on any atom is -0.480 e. The second-order valence-corrected chi connectivity index (χ2v) is 1.88. The zero-order chi connectivity index (χ0) is 7.28. The van der Waals surface area contributed by atoms with Crippen LogP contribution < -0.4 is 11.5 Å². The maximum Gasteiger partial charge on any atom is 0.320 e. The summed E-state index contributed by atoms with van der Waals surface area (Å²) in [7, 11) is 0. The molecule has 0 aliphatic rings. The largest absolute Gasteiger partial charge is 0.480 e. The fourth-order valence-corrected chi connectivity index (χ4v) is 0.461. The number of hydrogen-bond acceptors (Lipinski definition) is 3. The first-order valence-corrected chi connectivity index (χ1v) is 2.87. The van der Waals surface area contributed by atoms with E-state index in [4.69, 9.17) is 16.6 Å². The Bertz CT molecular complexity index is 96.9. The lowest BCUT2D eigenvalue weighted by molar-refractivity contribution is -0.138. The van der Waals surface area contributed by atoms with Crippen LogP contribution in [0.3, 0.4) is 0 Å². The molecule has 0 saturated carbocycles. The predicted molar refractivity (Wildman–Crippen MR) is 37.5 cm³/mol. The number of rotatable bonds is 4. The summed E-state index contributed by atoms with van der Waals surface area (Å²) < 4.78 is 0. The molecule has 5 nitrogen and oxygen atoms in total. The summed E-state index contributed by atoms with van der Waals surface area (Å²) in [6, 6.07) is -0.742. The van der Waals surface area contributed by atoms with Crippen LogP contribution in [0.4, 0.5) is 0 Å². The van der Waals surface area contributed by atoms with Crippen molar-refractivity contribution in [3.63, 3.8) is 0 Å². The highest BCUT2D eigenvalue weighted by Crippen LogP contribution is 1.91. The molecule has 0 aromatic rings. The first kappa shape index (κ1) is 12.1. The van der Waals surface area contributed by atoms with Crippen molar-refractivity contribution in [2.24, 2.45) is 11.5 Å². The average Bonchev–Trinajstić information content (AvgIpc) is 1.82. The zero-order valence-electron chi connectivity index (χ0n) is 5.71. The fraction of sp³-hybridized carbons (Fsp3) is 0.800. The Kier molecular flexibility index (Phi) is 7.81. The van der Waals surface area contributed by atoms with E-state index >= 15 is 0 Å². The summed E-state index contributed by atoms with van der Waals surface area (Å²) in [6.07, 6.45) is 1.14. The third-order valence-electron chi connectivity index (χ3n) is 1.04. The van der Waals surface area contributed by atoms with Gasteiger partial charge in [0, 0.05) is 0 Å². The van der Waals surface area contributed by atoms with Crippen LogP contribution >= 0.6 is 0 Å². The van der Waals surface area contributed by atoms with E-state index in [0.717, 1.165) is 0 Å². The molecule has 0 spiro atoms. The highest BCUT2D eigenvalue weighted by molar-refractivity contribution is 5.72. The number of hydrogen-bond donors (Lipinski definition) is 3. The van der Waals surface area contributed by atoms with Gasteiger partial charge >= 0.3 is 5.97 Å². The van der Waals surface area contributed by atoms with E-state index in [1.54, 1.807) is 0 Å². The van der Waals surface area contributed by atoms with Gasteiger partial charge in [0.05, 0.1) is 0 Å². The lowest BCUT2D eigenvalue weighted by Gasteiger charge is -2.02. The highest BCUT2D eigenvalue weighted by atomic mass is 16.4. The first-order chi connectivity index (χ1) is 4.18. The number of carboxylic acids is 1. The van der Waals surface area contributed by atoms with E-state index in [-0.39, 0.29) is 5.48 Å². The smallest absolute Gasteiger partial charge is 0.320 e. The SMILES string of the molecule is NCCC[C@@H](N)C(=O)O.O. The van der Waals surface area contributed by atoms with Crippen molar-refractivity contribution in [2.75, 3.05) is 6.54 Å². The number of aliphatic carboxylic acids is 1. The van der Waals surface area contributed by atoms with E-state index in [9.17, 15) is 4.79 Å². The standard InChI is InChI=1S/C5H12N2O2.H2O/c6-3-1-2-4(7)5(8)9;/h4H,1-3,6-7H2,(H,8,9);1H2/t4-;/m1./s1. The Morgan fingerprint density at radius 2 is 2.10 bits per heavy atom. The highest BCUT2D eigenvalue weighted by Gasteiger charge is 2.08. The van der Waals surface area contributed by atoms with Crippen LogP contribution in [0.25, 0.3) is 0 Å². The van der Waals surface area contributed by atoms with Gasteiger partial charge in [-0.25, -0.2) is 0 Å². The van der Waals surface area contributed by atoms with Gasteiger partial charge < -0.3 is 22.1 Å². The molecule has 0 radical (unpaired) electrons. The van der Waals surface area contributed by atoms with Crippen molar-refractivity contribution < 1.29 is 15.4 Å². The van der Waals surface area contributed by atoms with Crippen LogP contribution in [0.5, 0.6) is 0 Å². The van der Waals surface area contributed by atoms with Gasteiger partial charge in [0.2, 0.25) is 0 Å². The van der Waals surface area contributed by atoms with Gasteiger partial charge in [-0.2, -0.15) is 0 Å². The van der Waals surface area contributed by atoms with Crippen molar-refractivity contribution in [3.8, 4) is 0 Å². The van der Waals surface area contributed by atoms with Gasteiger partial charge in [-0.1, -0.05) is 0 Å². The van der Waals surface area contributed by atoms with Crippen molar-refractivity contribution >= 4 is 5.97 Å². The fourth-order valence-electron chi connectivity index (χ4n) is 0.461. The molecule has 0 aliphatic carbocycles. The molecule has 0 aliphatic heterocycles. The summed E-state index contributed by atoms with van der Waals surface area (Å²) in [5.74, 6) is -0.955. The van der Waals surface area contributed by atoms with Crippen LogP contribution in [0, 0.1) is 0 Å². The first-order valence-electron chi connectivity index (χ1n) is 2.87. The van der Waals surface area contributed by atoms with Gasteiger partial charge in [0.15, 0.2) is 0 Å². The van der Waals surface area contributed by atoms with Crippen molar-refractivity contribution in [2.45, 2.75) is 18.9 Å². The second-order valence-electron chi connectivity index (χ2n) is 1.88. The third-order valence-corrected chi connectivity index (χ3v) is 1.04. The lowest BCUT2D eigenvalue weighted by Crippen LogP contribution is -2.30. The van der Waals surface area contributed by atoms with Gasteiger partial charge in [0.25, 0.3) is 0 Å². The van der Waals surface area contributed by atoms with Crippen LogP contribution in [0.15, 0.2) is 0 Å². The van der Waals surface area contributed by atoms with Crippen LogP contribution in [0.1, 0.15) is 12.8 Å². The molecule has 0 amide bonds. The topological polar surface area (TPSA) is 121 Å². The predicted octanol–water partition coefficient (Wildman–Crippen LogP) is -1.69. The molecule has 0 heterocycles. The maximum absolute atomic E-state index is 10.0. The molecule has 10 heavy (non-hydrogen) atoms. The molecule has 0 rings (SSSR count). The Labute approximate surface area is 59.3 Å². The molecule has 62 valence electrons. The summed E-state index contributed by atoms with van der Waals surface area (Å²) >= 11 is 0. The van der Waals surface area contributed by atoms with Gasteiger partial charge in [-0.05, 0) is 19.4 Å². The average molecular weight is 150 g/mol. The normalized spacial score (nSPS) is 11.8. The molecule has 0 fully saturated rings. The maximum atomic E-state index is 10.0.